The van der Waals surface area contributed by atoms with E-state index in [4.69, 9.17) is 14.4 Å². The zero-order valence-corrected chi connectivity index (χ0v) is 25.8. The fraction of sp³-hybridized carbons (Fsp3) is 0. The SMILES string of the molecule is c1ccc(-c2nc(-n3c4ccccc4c4cc5c6ccccc6oc6ccccc6c6ccccc6c5cc43)nc3ccccc23)cc1. The molecule has 3 aromatic heterocycles. The molecule has 0 atom stereocenters. The predicted molar refractivity (Wildman–Crippen MR) is 199 cm³/mol. The number of hydrogen-bond acceptors (Lipinski definition) is 3. The molecule has 10 aromatic rings. The molecule has 0 amide bonds. The minimum Gasteiger partial charge on any atom is -0.456 e. The second-order valence-electron chi connectivity index (χ2n) is 12.2. The zero-order chi connectivity index (χ0) is 31.6. The van der Waals surface area contributed by atoms with Crippen LogP contribution in [-0.4, -0.2) is 14.5 Å². The highest BCUT2D eigenvalue weighted by Gasteiger charge is 2.19. The van der Waals surface area contributed by atoms with Gasteiger partial charge in [0.25, 0.3) is 0 Å². The molecule has 0 saturated carbocycles. The molecule has 4 nitrogen and oxygen atoms in total. The lowest BCUT2D eigenvalue weighted by molar-refractivity contribution is 0.663. The van der Waals surface area contributed by atoms with E-state index in [0.29, 0.717) is 5.95 Å². The summed E-state index contributed by atoms with van der Waals surface area (Å²) in [7, 11) is 0. The van der Waals surface area contributed by atoms with Crippen LogP contribution in [0.5, 0.6) is 0 Å². The van der Waals surface area contributed by atoms with Gasteiger partial charge in [-0.05, 0) is 57.9 Å². The summed E-state index contributed by atoms with van der Waals surface area (Å²) in [6.07, 6.45) is 0. The molecule has 0 spiro atoms. The highest BCUT2D eigenvalue weighted by atomic mass is 16.3. The van der Waals surface area contributed by atoms with Crippen LogP contribution in [0.4, 0.5) is 0 Å². The number of benzene rings is 7. The van der Waals surface area contributed by atoms with E-state index in [-0.39, 0.29) is 0 Å². The van der Waals surface area contributed by atoms with E-state index < -0.39 is 0 Å². The Balaban J connectivity index is 1.43. The molecule has 0 bridgehead atoms. The summed E-state index contributed by atoms with van der Waals surface area (Å²) < 4.78 is 8.95. The predicted octanol–water partition coefficient (Wildman–Crippen LogP) is 11.7. The fourth-order valence-electron chi connectivity index (χ4n) is 7.28. The molecule has 224 valence electrons. The highest BCUT2D eigenvalue weighted by Crippen LogP contribution is 2.39. The summed E-state index contributed by atoms with van der Waals surface area (Å²) in [5, 5.41) is 9.91. The van der Waals surface area contributed by atoms with Crippen LogP contribution in [0.25, 0.3) is 93.4 Å². The van der Waals surface area contributed by atoms with Crippen molar-refractivity contribution in [2.45, 2.75) is 0 Å². The summed E-state index contributed by atoms with van der Waals surface area (Å²) >= 11 is 0. The Kier molecular flexibility index (Phi) is 5.84. The molecule has 0 aliphatic rings. The van der Waals surface area contributed by atoms with Gasteiger partial charge in [-0.25, -0.2) is 9.97 Å². The topological polar surface area (TPSA) is 43.9 Å². The first-order valence-electron chi connectivity index (χ1n) is 16.2. The van der Waals surface area contributed by atoms with Gasteiger partial charge in [-0.3, -0.25) is 4.57 Å². The van der Waals surface area contributed by atoms with Crippen LogP contribution in [0, 0.1) is 0 Å². The number of fused-ring (bicyclic) bond motifs is 11. The fourth-order valence-corrected chi connectivity index (χ4v) is 7.28. The molecule has 0 radical (unpaired) electrons. The van der Waals surface area contributed by atoms with Crippen LogP contribution in [0.3, 0.4) is 0 Å². The molecule has 0 aliphatic heterocycles. The molecule has 0 N–H and O–H groups in total. The standard InChI is InChI=1S/C44H27N3O/c1-2-14-28(15-3-1)43-34-21-6-10-22-38(34)45-44(46-43)47-39-23-11-7-18-31(39)37-26-35-33-20-9-13-25-42(33)48-41-24-12-8-19-32(41)29-16-4-5-17-30(29)36(35)27-40(37)47/h1-27H. The van der Waals surface area contributed by atoms with Crippen molar-refractivity contribution in [1.29, 1.82) is 0 Å². The van der Waals surface area contributed by atoms with E-state index >= 15 is 0 Å². The van der Waals surface area contributed by atoms with Gasteiger partial charge in [0, 0.05) is 32.5 Å². The van der Waals surface area contributed by atoms with Gasteiger partial charge in [-0.15, -0.1) is 0 Å². The van der Waals surface area contributed by atoms with E-state index in [1.165, 1.54) is 0 Å². The minimum absolute atomic E-state index is 0.643. The lowest BCUT2D eigenvalue weighted by Gasteiger charge is -2.12. The van der Waals surface area contributed by atoms with Gasteiger partial charge in [0.1, 0.15) is 11.2 Å². The van der Waals surface area contributed by atoms with Crippen molar-refractivity contribution < 1.29 is 4.42 Å². The van der Waals surface area contributed by atoms with Crippen molar-refractivity contribution in [3.63, 3.8) is 0 Å². The van der Waals surface area contributed by atoms with Gasteiger partial charge < -0.3 is 4.42 Å². The van der Waals surface area contributed by atoms with Crippen LogP contribution in [0.15, 0.2) is 168 Å². The summed E-state index contributed by atoms with van der Waals surface area (Å²) in [6.45, 7) is 0. The van der Waals surface area contributed by atoms with Crippen molar-refractivity contribution in [3.05, 3.63) is 164 Å². The highest BCUT2D eigenvalue weighted by molar-refractivity contribution is 6.23. The average molecular weight is 614 g/mol. The quantitative estimate of drug-likeness (QED) is 0.195. The third-order valence-corrected chi connectivity index (χ3v) is 9.44. The molecule has 4 heteroatoms. The van der Waals surface area contributed by atoms with E-state index in [9.17, 15) is 0 Å². The molecular weight excluding hydrogens is 587 g/mol. The van der Waals surface area contributed by atoms with E-state index in [1.807, 2.05) is 24.3 Å². The first-order valence-corrected chi connectivity index (χ1v) is 16.2. The monoisotopic (exact) mass is 613 g/mol. The van der Waals surface area contributed by atoms with E-state index in [0.717, 1.165) is 87.4 Å². The van der Waals surface area contributed by atoms with Gasteiger partial charge >= 0.3 is 0 Å². The maximum Gasteiger partial charge on any atom is 0.235 e. The first-order chi connectivity index (χ1) is 23.8. The third-order valence-electron chi connectivity index (χ3n) is 9.44. The molecule has 0 saturated heterocycles. The summed E-state index contributed by atoms with van der Waals surface area (Å²) in [6, 6.07) is 57.2. The molecule has 7 aromatic carbocycles. The zero-order valence-electron chi connectivity index (χ0n) is 25.8. The summed E-state index contributed by atoms with van der Waals surface area (Å²) in [5.74, 6) is 0.643. The maximum atomic E-state index is 6.72. The number of nitrogens with zero attached hydrogens (tertiary/aromatic N) is 3. The van der Waals surface area contributed by atoms with Crippen LogP contribution in [0.2, 0.25) is 0 Å². The molecule has 0 aliphatic carbocycles. The van der Waals surface area contributed by atoms with Crippen LogP contribution >= 0.6 is 0 Å². The largest absolute Gasteiger partial charge is 0.456 e. The lowest BCUT2D eigenvalue weighted by atomic mass is 9.99. The van der Waals surface area contributed by atoms with Crippen molar-refractivity contribution in [3.8, 4) is 17.2 Å². The molecule has 3 heterocycles. The Hall–Kier alpha value is -6.52. The Morgan fingerprint density at radius 1 is 0.375 bits per heavy atom. The number of para-hydroxylation sites is 4. The lowest BCUT2D eigenvalue weighted by Crippen LogP contribution is -2.03. The van der Waals surface area contributed by atoms with Crippen molar-refractivity contribution in [2.24, 2.45) is 0 Å². The van der Waals surface area contributed by atoms with E-state index in [2.05, 4.69) is 144 Å². The van der Waals surface area contributed by atoms with Crippen LogP contribution in [-0.2, 0) is 0 Å². The Labute approximate surface area is 275 Å². The smallest absolute Gasteiger partial charge is 0.235 e. The maximum absolute atomic E-state index is 6.72. The van der Waals surface area contributed by atoms with Gasteiger partial charge in [0.2, 0.25) is 5.95 Å². The van der Waals surface area contributed by atoms with Gasteiger partial charge in [-0.2, -0.15) is 0 Å². The van der Waals surface area contributed by atoms with Crippen molar-refractivity contribution in [1.82, 2.24) is 14.5 Å². The first kappa shape index (κ1) is 26.7. The third kappa shape index (κ3) is 4.03. The Bertz CT molecular complexity index is 2950. The van der Waals surface area contributed by atoms with Crippen molar-refractivity contribution >= 4 is 76.2 Å². The number of rotatable bonds is 2. The summed E-state index contributed by atoms with van der Waals surface area (Å²) in [4.78, 5) is 10.5. The van der Waals surface area contributed by atoms with Crippen LogP contribution < -0.4 is 0 Å². The van der Waals surface area contributed by atoms with Crippen molar-refractivity contribution in [2.75, 3.05) is 0 Å². The molecule has 48 heavy (non-hydrogen) atoms. The minimum atomic E-state index is 0.643. The molecular formula is C44H27N3O. The molecule has 0 unspecified atom stereocenters. The molecule has 0 fully saturated rings. The Morgan fingerprint density at radius 3 is 1.67 bits per heavy atom. The van der Waals surface area contributed by atoms with Gasteiger partial charge in [0.05, 0.1) is 22.2 Å². The molecule has 10 rings (SSSR count). The average Bonchev–Trinajstić information content (AvgIpc) is 3.49. The van der Waals surface area contributed by atoms with Gasteiger partial charge in [-0.1, -0.05) is 127 Å². The van der Waals surface area contributed by atoms with Crippen LogP contribution in [0.1, 0.15) is 0 Å². The normalized spacial score (nSPS) is 11.8. The number of aromatic nitrogens is 3. The summed E-state index contributed by atoms with van der Waals surface area (Å²) in [5.41, 5.74) is 6.64. The van der Waals surface area contributed by atoms with Gasteiger partial charge in [0.15, 0.2) is 0 Å². The number of hydrogen-bond donors (Lipinski definition) is 0. The second-order valence-corrected chi connectivity index (χ2v) is 12.2. The van der Waals surface area contributed by atoms with E-state index in [1.54, 1.807) is 0 Å². The second kappa shape index (κ2) is 10.5. The Morgan fingerprint density at radius 2 is 0.917 bits per heavy atom.